The van der Waals surface area contributed by atoms with Crippen molar-refractivity contribution in [1.29, 1.82) is 0 Å². The van der Waals surface area contributed by atoms with E-state index in [-0.39, 0.29) is 5.41 Å². The molecule has 0 saturated heterocycles. The number of rotatable bonds is 2. The molecule has 1 aromatic carbocycles. The highest BCUT2D eigenvalue weighted by molar-refractivity contribution is 5.76. The van der Waals surface area contributed by atoms with Crippen molar-refractivity contribution in [3.05, 3.63) is 28.7 Å². The summed E-state index contributed by atoms with van der Waals surface area (Å²) in [5, 5.41) is 3.32. The molecule has 0 aliphatic rings. The van der Waals surface area contributed by atoms with Crippen LogP contribution in [-0.4, -0.2) is 11.5 Å². The Labute approximate surface area is 93.7 Å². The van der Waals surface area contributed by atoms with Gasteiger partial charge in [-0.05, 0) is 23.6 Å². The second-order valence-corrected chi connectivity index (χ2v) is 5.14. The first kappa shape index (κ1) is 10.8. The van der Waals surface area contributed by atoms with Gasteiger partial charge in [-0.15, -0.1) is 0 Å². The van der Waals surface area contributed by atoms with Crippen LogP contribution in [0.2, 0.25) is 0 Å². The summed E-state index contributed by atoms with van der Waals surface area (Å²) in [6, 6.07) is 5.58. The maximum Gasteiger partial charge on any atom is 0.417 e. The number of nitrogens with one attached hydrogen (secondary N) is 2. The largest absolute Gasteiger partial charge is 0.417 e. The molecule has 0 amide bonds. The molecular weight excluding hydrogens is 204 g/mol. The first-order valence-corrected chi connectivity index (χ1v) is 5.31. The summed E-state index contributed by atoms with van der Waals surface area (Å²) in [5.41, 5.74) is 2.52. The molecule has 1 heterocycles. The van der Waals surface area contributed by atoms with Crippen molar-refractivity contribution in [3.63, 3.8) is 0 Å². The molecule has 4 nitrogen and oxygen atoms in total. The lowest BCUT2D eigenvalue weighted by molar-refractivity contribution is 0.443. The van der Waals surface area contributed by atoms with Crippen LogP contribution in [0.3, 0.4) is 0 Å². The van der Waals surface area contributed by atoms with E-state index < -0.39 is 5.76 Å². The van der Waals surface area contributed by atoms with Gasteiger partial charge < -0.3 is 9.73 Å². The van der Waals surface area contributed by atoms with Crippen LogP contribution in [0.1, 0.15) is 20.8 Å². The van der Waals surface area contributed by atoms with E-state index in [4.69, 9.17) is 4.42 Å². The predicted octanol–water partition coefficient (Wildman–Crippen LogP) is 2.58. The Morgan fingerprint density at radius 1 is 1.38 bits per heavy atom. The minimum absolute atomic E-state index is 0.221. The summed E-state index contributed by atoms with van der Waals surface area (Å²) < 4.78 is 4.93. The minimum atomic E-state index is -0.414. The van der Waals surface area contributed by atoms with E-state index in [9.17, 15) is 4.79 Å². The molecule has 0 aliphatic heterocycles. The third-order valence-electron chi connectivity index (χ3n) is 2.24. The zero-order valence-electron chi connectivity index (χ0n) is 9.76. The van der Waals surface area contributed by atoms with Gasteiger partial charge in [0.2, 0.25) is 0 Å². The fourth-order valence-corrected chi connectivity index (χ4v) is 1.43. The van der Waals surface area contributed by atoms with Gasteiger partial charge in [-0.1, -0.05) is 20.8 Å². The van der Waals surface area contributed by atoms with Gasteiger partial charge in [-0.2, -0.15) is 0 Å². The molecule has 0 saturated carbocycles. The summed E-state index contributed by atoms with van der Waals surface area (Å²) in [6.07, 6.45) is 0. The Hall–Kier alpha value is -1.71. The summed E-state index contributed by atoms with van der Waals surface area (Å²) in [6.45, 7) is 7.37. The van der Waals surface area contributed by atoms with E-state index in [1.54, 1.807) is 6.07 Å². The van der Waals surface area contributed by atoms with E-state index >= 15 is 0 Å². The second-order valence-electron chi connectivity index (χ2n) is 5.14. The standard InChI is InChI=1S/C12H16N2O2/c1-12(2,3)7-13-8-4-5-10-9(6-8)14-11(15)16-10/h4-6,13H,7H2,1-3H3,(H,14,15). The van der Waals surface area contributed by atoms with Crippen LogP contribution in [-0.2, 0) is 0 Å². The Kier molecular flexibility index (Phi) is 2.50. The predicted molar refractivity (Wildman–Crippen MR) is 64.8 cm³/mol. The molecular formula is C12H16N2O2. The van der Waals surface area contributed by atoms with Crippen LogP contribution in [0.25, 0.3) is 11.1 Å². The molecule has 1 aromatic heterocycles. The molecule has 86 valence electrons. The van der Waals surface area contributed by atoms with Crippen molar-refractivity contribution in [3.8, 4) is 0 Å². The van der Waals surface area contributed by atoms with Gasteiger partial charge in [-0.25, -0.2) is 4.79 Å². The molecule has 0 spiro atoms. The molecule has 2 N–H and O–H groups in total. The van der Waals surface area contributed by atoms with Gasteiger partial charge >= 0.3 is 5.76 Å². The van der Waals surface area contributed by atoms with E-state index in [0.717, 1.165) is 17.7 Å². The van der Waals surface area contributed by atoms with Crippen LogP contribution in [0.15, 0.2) is 27.4 Å². The third-order valence-corrected chi connectivity index (χ3v) is 2.24. The van der Waals surface area contributed by atoms with E-state index in [1.165, 1.54) is 0 Å². The molecule has 2 rings (SSSR count). The molecule has 16 heavy (non-hydrogen) atoms. The summed E-state index contributed by atoms with van der Waals surface area (Å²) in [5.74, 6) is -0.414. The van der Waals surface area contributed by atoms with Crippen molar-refractivity contribution in [2.45, 2.75) is 20.8 Å². The minimum Gasteiger partial charge on any atom is -0.408 e. The SMILES string of the molecule is CC(C)(C)CNc1ccc2oc(=O)[nH]c2c1. The monoisotopic (exact) mass is 220 g/mol. The van der Waals surface area contributed by atoms with Crippen molar-refractivity contribution >= 4 is 16.8 Å². The normalized spacial score (nSPS) is 11.9. The topological polar surface area (TPSA) is 58.0 Å². The van der Waals surface area contributed by atoms with Crippen molar-refractivity contribution in [1.82, 2.24) is 4.98 Å². The first-order chi connectivity index (χ1) is 7.44. The first-order valence-electron chi connectivity index (χ1n) is 5.31. The highest BCUT2D eigenvalue weighted by Crippen LogP contribution is 2.19. The van der Waals surface area contributed by atoms with E-state index in [1.807, 2.05) is 12.1 Å². The van der Waals surface area contributed by atoms with Crippen molar-refractivity contribution < 1.29 is 4.42 Å². The lowest BCUT2D eigenvalue weighted by Crippen LogP contribution is -2.18. The Bertz CT molecular complexity index is 546. The molecule has 4 heteroatoms. The number of anilines is 1. The van der Waals surface area contributed by atoms with Gasteiger partial charge in [0.05, 0.1) is 5.52 Å². The highest BCUT2D eigenvalue weighted by Gasteiger charge is 2.09. The van der Waals surface area contributed by atoms with Gasteiger partial charge in [0, 0.05) is 12.2 Å². The van der Waals surface area contributed by atoms with Gasteiger partial charge in [0.25, 0.3) is 0 Å². The van der Waals surface area contributed by atoms with Crippen LogP contribution in [0.4, 0.5) is 5.69 Å². The number of aromatic amines is 1. The fraction of sp³-hybridized carbons (Fsp3) is 0.417. The van der Waals surface area contributed by atoms with Crippen LogP contribution < -0.4 is 11.1 Å². The van der Waals surface area contributed by atoms with E-state index in [2.05, 4.69) is 31.1 Å². The lowest BCUT2D eigenvalue weighted by Gasteiger charge is -2.19. The van der Waals surface area contributed by atoms with Crippen LogP contribution >= 0.6 is 0 Å². The van der Waals surface area contributed by atoms with Gasteiger partial charge in [0.1, 0.15) is 0 Å². The quantitative estimate of drug-likeness (QED) is 0.817. The molecule has 0 fully saturated rings. The lowest BCUT2D eigenvalue weighted by atomic mass is 9.97. The zero-order chi connectivity index (χ0) is 11.8. The number of benzene rings is 1. The number of H-pyrrole nitrogens is 1. The Balaban J connectivity index is 2.22. The molecule has 0 radical (unpaired) electrons. The van der Waals surface area contributed by atoms with Crippen LogP contribution in [0.5, 0.6) is 0 Å². The van der Waals surface area contributed by atoms with Crippen molar-refractivity contribution in [2.24, 2.45) is 5.41 Å². The smallest absolute Gasteiger partial charge is 0.408 e. The average molecular weight is 220 g/mol. The van der Waals surface area contributed by atoms with Gasteiger partial charge in [-0.3, -0.25) is 4.98 Å². The highest BCUT2D eigenvalue weighted by atomic mass is 16.4. The zero-order valence-corrected chi connectivity index (χ0v) is 9.76. The molecule has 0 unspecified atom stereocenters. The van der Waals surface area contributed by atoms with Crippen LogP contribution in [0, 0.1) is 5.41 Å². The maximum absolute atomic E-state index is 11.0. The summed E-state index contributed by atoms with van der Waals surface area (Å²) in [7, 11) is 0. The summed E-state index contributed by atoms with van der Waals surface area (Å²) in [4.78, 5) is 13.6. The van der Waals surface area contributed by atoms with Crippen molar-refractivity contribution in [2.75, 3.05) is 11.9 Å². The van der Waals surface area contributed by atoms with E-state index in [0.29, 0.717) is 5.58 Å². The summed E-state index contributed by atoms with van der Waals surface area (Å²) >= 11 is 0. The maximum atomic E-state index is 11.0. The number of aromatic nitrogens is 1. The fourth-order valence-electron chi connectivity index (χ4n) is 1.43. The van der Waals surface area contributed by atoms with Gasteiger partial charge in [0.15, 0.2) is 5.58 Å². The number of fused-ring (bicyclic) bond motifs is 1. The Morgan fingerprint density at radius 2 is 2.12 bits per heavy atom. The molecule has 0 aliphatic carbocycles. The number of oxazole rings is 1. The number of hydrogen-bond acceptors (Lipinski definition) is 3. The Morgan fingerprint density at radius 3 is 2.81 bits per heavy atom. The molecule has 0 bridgehead atoms. The molecule has 0 atom stereocenters. The third kappa shape index (κ3) is 2.45. The second kappa shape index (κ2) is 3.70. The number of hydrogen-bond donors (Lipinski definition) is 2. The molecule has 2 aromatic rings. The average Bonchev–Trinajstić information content (AvgIpc) is 2.52.